The van der Waals surface area contributed by atoms with Crippen LogP contribution in [-0.4, -0.2) is 0 Å². The Hall–Kier alpha value is -2.37. The van der Waals surface area contributed by atoms with E-state index < -0.39 is 7.14 Å². The number of allylic oxidation sites excluding steroid dienone is 2. The lowest BCUT2D eigenvalue weighted by atomic mass is 10.1. The Balaban J connectivity index is 1.96. The molecule has 22 heavy (non-hydrogen) atoms. The van der Waals surface area contributed by atoms with Gasteiger partial charge >= 0.3 is 0 Å². The first-order chi connectivity index (χ1) is 10.8. The minimum atomic E-state index is -2.73. The zero-order chi connectivity index (χ0) is 14.7. The molecule has 0 saturated carbocycles. The van der Waals surface area contributed by atoms with Crippen LogP contribution in [-0.2, 0) is 4.57 Å². The molecule has 1 nitrogen and oxygen atoms in total. The summed E-state index contributed by atoms with van der Waals surface area (Å²) < 4.78 is 14.1. The van der Waals surface area contributed by atoms with Crippen molar-refractivity contribution in [3.05, 3.63) is 83.2 Å². The van der Waals surface area contributed by atoms with Gasteiger partial charge in [-0.15, -0.1) is 0 Å². The summed E-state index contributed by atoms with van der Waals surface area (Å²) in [5.74, 6) is 0. The average molecular weight is 300 g/mol. The number of hydrogen-bond donors (Lipinski definition) is 0. The standard InChI is InChI=1S/C20H13OP/c21-22-17(12-11-15-6-2-4-8-19(15)22)13-16-10-9-14-5-1-3-7-18(14)20(16)22/h1-13H. The highest BCUT2D eigenvalue weighted by Crippen LogP contribution is 2.61. The minimum absolute atomic E-state index is 0.956. The topological polar surface area (TPSA) is 17.1 Å². The van der Waals surface area contributed by atoms with Crippen LogP contribution in [0.3, 0.4) is 0 Å². The van der Waals surface area contributed by atoms with Gasteiger partial charge in [0.2, 0.25) is 0 Å². The van der Waals surface area contributed by atoms with Crippen molar-refractivity contribution in [2.75, 3.05) is 0 Å². The summed E-state index contributed by atoms with van der Waals surface area (Å²) in [7, 11) is -2.73. The molecule has 2 heterocycles. The van der Waals surface area contributed by atoms with E-state index in [1.165, 1.54) is 0 Å². The summed E-state index contributed by atoms with van der Waals surface area (Å²) in [4.78, 5) is 0. The van der Waals surface area contributed by atoms with E-state index in [0.717, 1.165) is 37.8 Å². The molecule has 0 aromatic heterocycles. The van der Waals surface area contributed by atoms with Crippen LogP contribution in [0.15, 0.2) is 72.1 Å². The Bertz CT molecular complexity index is 1060. The van der Waals surface area contributed by atoms with Gasteiger partial charge in [-0.3, -0.25) is 0 Å². The molecule has 0 saturated heterocycles. The molecule has 3 aromatic carbocycles. The molecule has 0 spiro atoms. The third-order valence-electron chi connectivity index (χ3n) is 4.62. The molecular weight excluding hydrogens is 287 g/mol. The van der Waals surface area contributed by atoms with Gasteiger partial charge in [-0.05, 0) is 28.0 Å². The highest BCUT2D eigenvalue weighted by molar-refractivity contribution is 7.84. The first kappa shape index (κ1) is 12.2. The molecule has 2 aliphatic heterocycles. The Kier molecular flexibility index (Phi) is 2.27. The van der Waals surface area contributed by atoms with E-state index in [0.29, 0.717) is 0 Å². The normalized spacial score (nSPS) is 21.2. The Morgan fingerprint density at radius 1 is 0.727 bits per heavy atom. The molecule has 2 aliphatic rings. The van der Waals surface area contributed by atoms with Gasteiger partial charge in [-0.25, -0.2) is 0 Å². The van der Waals surface area contributed by atoms with E-state index in [9.17, 15) is 4.57 Å². The largest absolute Gasteiger partial charge is 0.309 e. The van der Waals surface area contributed by atoms with Gasteiger partial charge < -0.3 is 4.57 Å². The summed E-state index contributed by atoms with van der Waals surface area (Å²) in [6, 6.07) is 20.5. The number of fused-ring (bicyclic) bond motifs is 7. The fourth-order valence-electron chi connectivity index (χ4n) is 3.62. The third kappa shape index (κ3) is 1.37. The van der Waals surface area contributed by atoms with Crippen molar-refractivity contribution >= 4 is 40.7 Å². The van der Waals surface area contributed by atoms with Crippen molar-refractivity contribution in [2.45, 2.75) is 0 Å². The Labute approximate surface area is 129 Å². The smallest absolute Gasteiger partial charge is 0.172 e. The molecule has 0 aliphatic carbocycles. The van der Waals surface area contributed by atoms with Crippen molar-refractivity contribution in [2.24, 2.45) is 0 Å². The molecule has 1 unspecified atom stereocenters. The lowest BCUT2D eigenvalue weighted by Crippen LogP contribution is -2.20. The maximum Gasteiger partial charge on any atom is 0.172 e. The molecule has 104 valence electrons. The van der Waals surface area contributed by atoms with Crippen LogP contribution in [0, 0.1) is 0 Å². The predicted octanol–water partition coefficient (Wildman–Crippen LogP) is 4.54. The first-order valence-electron chi connectivity index (χ1n) is 7.41. The molecule has 3 aromatic rings. The van der Waals surface area contributed by atoms with Crippen LogP contribution in [0.1, 0.15) is 11.1 Å². The van der Waals surface area contributed by atoms with Crippen LogP contribution >= 0.6 is 7.14 Å². The van der Waals surface area contributed by atoms with Gasteiger partial charge in [0.1, 0.15) is 0 Å². The minimum Gasteiger partial charge on any atom is -0.309 e. The van der Waals surface area contributed by atoms with Gasteiger partial charge in [-0.2, -0.15) is 0 Å². The van der Waals surface area contributed by atoms with E-state index in [1.54, 1.807) is 0 Å². The van der Waals surface area contributed by atoms with E-state index in [1.807, 2.05) is 42.5 Å². The van der Waals surface area contributed by atoms with Gasteiger partial charge in [0.15, 0.2) is 7.14 Å². The molecular formula is C20H13OP. The number of rotatable bonds is 0. The van der Waals surface area contributed by atoms with E-state index >= 15 is 0 Å². The van der Waals surface area contributed by atoms with Gasteiger partial charge in [0.05, 0.1) is 0 Å². The zero-order valence-corrected chi connectivity index (χ0v) is 12.8. The number of benzene rings is 3. The van der Waals surface area contributed by atoms with Crippen LogP contribution in [0.4, 0.5) is 0 Å². The third-order valence-corrected chi connectivity index (χ3v) is 7.84. The van der Waals surface area contributed by atoms with Crippen molar-refractivity contribution in [1.29, 1.82) is 0 Å². The molecule has 0 N–H and O–H groups in total. The lowest BCUT2D eigenvalue weighted by molar-refractivity contribution is 0.591. The predicted molar refractivity (Wildman–Crippen MR) is 94.3 cm³/mol. The van der Waals surface area contributed by atoms with Crippen molar-refractivity contribution in [1.82, 2.24) is 0 Å². The zero-order valence-electron chi connectivity index (χ0n) is 11.9. The molecule has 0 bridgehead atoms. The highest BCUT2D eigenvalue weighted by Gasteiger charge is 2.40. The summed E-state index contributed by atoms with van der Waals surface area (Å²) in [6.45, 7) is 0. The monoisotopic (exact) mass is 300 g/mol. The molecule has 0 fully saturated rings. The fourth-order valence-corrected chi connectivity index (χ4v) is 6.86. The second-order valence-corrected chi connectivity index (χ2v) is 8.46. The van der Waals surface area contributed by atoms with E-state index in [2.05, 4.69) is 36.4 Å². The van der Waals surface area contributed by atoms with Gasteiger partial charge in [-0.1, -0.05) is 72.8 Å². The highest BCUT2D eigenvalue weighted by atomic mass is 31.2. The van der Waals surface area contributed by atoms with Gasteiger partial charge in [0, 0.05) is 15.9 Å². The van der Waals surface area contributed by atoms with Crippen molar-refractivity contribution in [3.63, 3.8) is 0 Å². The molecule has 1 atom stereocenters. The van der Waals surface area contributed by atoms with E-state index in [-0.39, 0.29) is 0 Å². The van der Waals surface area contributed by atoms with Crippen LogP contribution in [0.25, 0.3) is 22.9 Å². The summed E-state index contributed by atoms with van der Waals surface area (Å²) in [6.07, 6.45) is 6.19. The SMILES string of the molecule is O=P12C(=Cc3ccc4ccccc4c31)C=Cc1ccccc12. The molecule has 5 rings (SSSR count). The Morgan fingerprint density at radius 3 is 2.50 bits per heavy atom. The summed E-state index contributed by atoms with van der Waals surface area (Å²) in [5, 5.41) is 5.20. The van der Waals surface area contributed by atoms with Crippen molar-refractivity contribution in [3.8, 4) is 0 Å². The average Bonchev–Trinajstić information content (AvgIpc) is 2.88. The van der Waals surface area contributed by atoms with Crippen LogP contribution < -0.4 is 10.6 Å². The summed E-state index contributed by atoms with van der Waals surface area (Å²) >= 11 is 0. The lowest BCUT2D eigenvalue weighted by Gasteiger charge is -2.23. The Morgan fingerprint density at radius 2 is 1.55 bits per heavy atom. The second-order valence-electron chi connectivity index (χ2n) is 5.80. The van der Waals surface area contributed by atoms with E-state index in [4.69, 9.17) is 0 Å². The summed E-state index contributed by atoms with van der Waals surface area (Å²) in [5.41, 5.74) is 2.17. The number of hydrogen-bond acceptors (Lipinski definition) is 1. The molecule has 2 heteroatoms. The fraction of sp³-hybridized carbons (Fsp3) is 0. The van der Waals surface area contributed by atoms with Crippen molar-refractivity contribution < 1.29 is 4.57 Å². The molecule has 0 radical (unpaired) electrons. The van der Waals surface area contributed by atoms with Crippen LogP contribution in [0.5, 0.6) is 0 Å². The first-order valence-corrected chi connectivity index (χ1v) is 9.11. The maximum atomic E-state index is 14.1. The maximum absolute atomic E-state index is 14.1. The van der Waals surface area contributed by atoms with Gasteiger partial charge in [0.25, 0.3) is 0 Å². The quantitative estimate of drug-likeness (QED) is 0.557. The second kappa shape index (κ2) is 4.09. The molecule has 0 amide bonds. The van der Waals surface area contributed by atoms with Crippen LogP contribution in [0.2, 0.25) is 0 Å².